The van der Waals surface area contributed by atoms with E-state index >= 15 is 0 Å². The lowest BCUT2D eigenvalue weighted by Gasteiger charge is -2.08. The summed E-state index contributed by atoms with van der Waals surface area (Å²) in [5, 5.41) is 0.975. The minimum absolute atomic E-state index is 0.253. The molecule has 0 fully saturated rings. The second-order valence-electron chi connectivity index (χ2n) is 4.80. The van der Waals surface area contributed by atoms with E-state index in [2.05, 4.69) is 15.0 Å². The number of carbonyl (C=O) groups excluding carboxylic acids is 1. The van der Waals surface area contributed by atoms with Gasteiger partial charge in [-0.2, -0.15) is 0 Å². The summed E-state index contributed by atoms with van der Waals surface area (Å²) in [5.74, 6) is -0.544. The normalized spacial score (nSPS) is 10.6. The molecule has 22 heavy (non-hydrogen) atoms. The summed E-state index contributed by atoms with van der Waals surface area (Å²) in [7, 11) is 1.52. The maximum Gasteiger partial charge on any atom is 0.316 e. The van der Waals surface area contributed by atoms with Crippen molar-refractivity contribution in [1.82, 2.24) is 15.0 Å². The van der Waals surface area contributed by atoms with Crippen LogP contribution in [0.4, 0.5) is 0 Å². The van der Waals surface area contributed by atoms with Crippen LogP contribution in [0.5, 0.6) is 6.01 Å². The molecule has 3 aromatic rings. The summed E-state index contributed by atoms with van der Waals surface area (Å²) in [6, 6.07) is 9.67. The Labute approximate surface area is 127 Å². The second kappa shape index (κ2) is 5.77. The number of aromatic nitrogens is 3. The fraction of sp³-hybridized carbons (Fsp3) is 0.125. The number of para-hydroxylation sites is 1. The Kier molecular flexibility index (Phi) is 3.65. The van der Waals surface area contributed by atoms with E-state index in [9.17, 15) is 4.79 Å². The highest BCUT2D eigenvalue weighted by molar-refractivity contribution is 5.95. The number of nitrogens with two attached hydrogens (primary N) is 1. The van der Waals surface area contributed by atoms with Gasteiger partial charge in [-0.15, -0.1) is 0 Å². The van der Waals surface area contributed by atoms with Gasteiger partial charge in [-0.25, -0.2) is 15.0 Å². The predicted octanol–water partition coefficient (Wildman–Crippen LogP) is 1.72. The van der Waals surface area contributed by atoms with Crippen LogP contribution in [-0.2, 0) is 6.42 Å². The molecule has 0 unspecified atom stereocenters. The van der Waals surface area contributed by atoms with Crippen molar-refractivity contribution in [1.29, 1.82) is 0 Å². The van der Waals surface area contributed by atoms with Gasteiger partial charge in [0, 0.05) is 24.2 Å². The van der Waals surface area contributed by atoms with Crippen molar-refractivity contribution in [3.63, 3.8) is 0 Å². The number of nitrogens with zero attached hydrogens (tertiary/aromatic N) is 3. The van der Waals surface area contributed by atoms with E-state index < -0.39 is 5.91 Å². The molecular weight excluding hydrogens is 280 g/mol. The zero-order valence-corrected chi connectivity index (χ0v) is 12.0. The number of benzene rings is 1. The molecule has 2 N–H and O–H groups in total. The summed E-state index contributed by atoms with van der Waals surface area (Å²) in [6.45, 7) is 0. The monoisotopic (exact) mass is 294 g/mol. The van der Waals surface area contributed by atoms with Crippen molar-refractivity contribution in [3.05, 3.63) is 59.5 Å². The summed E-state index contributed by atoms with van der Waals surface area (Å²) < 4.78 is 4.95. The summed E-state index contributed by atoms with van der Waals surface area (Å²) >= 11 is 0. The molecule has 0 aliphatic carbocycles. The van der Waals surface area contributed by atoms with E-state index in [4.69, 9.17) is 10.5 Å². The second-order valence-corrected chi connectivity index (χ2v) is 4.80. The van der Waals surface area contributed by atoms with Gasteiger partial charge in [0.1, 0.15) is 5.69 Å². The van der Waals surface area contributed by atoms with Gasteiger partial charge < -0.3 is 10.5 Å². The number of fused-ring (bicyclic) bond motifs is 1. The molecule has 6 heteroatoms. The number of amides is 1. The number of methoxy groups -OCH3 is 1. The molecule has 6 nitrogen and oxygen atoms in total. The third kappa shape index (κ3) is 2.71. The van der Waals surface area contributed by atoms with Crippen LogP contribution < -0.4 is 10.5 Å². The zero-order chi connectivity index (χ0) is 15.5. The van der Waals surface area contributed by atoms with Crippen molar-refractivity contribution in [2.24, 2.45) is 5.73 Å². The quantitative estimate of drug-likeness (QED) is 0.791. The molecule has 0 aliphatic heterocycles. The van der Waals surface area contributed by atoms with Crippen LogP contribution in [0.25, 0.3) is 10.9 Å². The first-order chi connectivity index (χ1) is 10.7. The van der Waals surface area contributed by atoms with Crippen molar-refractivity contribution in [3.8, 4) is 6.01 Å². The molecule has 1 aromatic carbocycles. The molecule has 0 atom stereocenters. The summed E-state index contributed by atoms with van der Waals surface area (Å²) in [6.07, 6.45) is 3.98. The van der Waals surface area contributed by atoms with Gasteiger partial charge in [0.2, 0.25) is 0 Å². The average Bonchev–Trinajstić information content (AvgIpc) is 2.55. The number of primary amides is 1. The number of ether oxygens (including phenoxy) is 1. The van der Waals surface area contributed by atoms with Gasteiger partial charge in [-0.3, -0.25) is 4.79 Å². The van der Waals surface area contributed by atoms with Crippen LogP contribution >= 0.6 is 0 Å². The Balaban J connectivity index is 2.05. The zero-order valence-electron chi connectivity index (χ0n) is 12.0. The molecular formula is C16H14N4O2. The Morgan fingerprint density at radius 1 is 1.23 bits per heavy atom. The first-order valence-electron chi connectivity index (χ1n) is 6.71. The Bertz CT molecular complexity index is 831. The van der Waals surface area contributed by atoms with E-state index in [-0.39, 0.29) is 5.69 Å². The molecule has 110 valence electrons. The van der Waals surface area contributed by atoms with Gasteiger partial charge in [-0.1, -0.05) is 18.2 Å². The number of hydrogen-bond acceptors (Lipinski definition) is 5. The smallest absolute Gasteiger partial charge is 0.316 e. The number of rotatable bonds is 4. The van der Waals surface area contributed by atoms with E-state index in [0.29, 0.717) is 12.4 Å². The molecule has 2 aromatic heterocycles. The van der Waals surface area contributed by atoms with Gasteiger partial charge >= 0.3 is 6.01 Å². The number of hydrogen-bond donors (Lipinski definition) is 1. The minimum atomic E-state index is -0.544. The lowest BCUT2D eigenvalue weighted by atomic mass is 10.0. The molecule has 0 bridgehead atoms. The van der Waals surface area contributed by atoms with Gasteiger partial charge in [0.15, 0.2) is 0 Å². The maximum absolute atomic E-state index is 11.5. The first-order valence-corrected chi connectivity index (χ1v) is 6.71. The predicted molar refractivity (Wildman–Crippen MR) is 81.7 cm³/mol. The van der Waals surface area contributed by atoms with Crippen LogP contribution in [0.15, 0.2) is 42.7 Å². The lowest BCUT2D eigenvalue weighted by molar-refractivity contribution is 0.0996. The van der Waals surface area contributed by atoms with E-state index in [1.54, 1.807) is 18.5 Å². The van der Waals surface area contributed by atoms with Crippen molar-refractivity contribution in [2.75, 3.05) is 7.11 Å². The molecule has 1 amide bonds. The van der Waals surface area contributed by atoms with Crippen LogP contribution in [0.3, 0.4) is 0 Å². The highest BCUT2D eigenvalue weighted by atomic mass is 16.5. The SMILES string of the molecule is COc1ncc(Cc2cc(C(N)=O)nc3ccccc23)cn1. The lowest BCUT2D eigenvalue weighted by Crippen LogP contribution is -2.13. The van der Waals surface area contributed by atoms with Crippen molar-refractivity contribution < 1.29 is 9.53 Å². The van der Waals surface area contributed by atoms with Crippen LogP contribution in [0.2, 0.25) is 0 Å². The van der Waals surface area contributed by atoms with Crippen LogP contribution in [0.1, 0.15) is 21.6 Å². The van der Waals surface area contributed by atoms with E-state index in [1.165, 1.54) is 7.11 Å². The number of carbonyl (C=O) groups is 1. The van der Waals surface area contributed by atoms with Gasteiger partial charge in [0.25, 0.3) is 5.91 Å². The molecule has 3 rings (SSSR count). The largest absolute Gasteiger partial charge is 0.467 e. The van der Waals surface area contributed by atoms with Gasteiger partial charge in [0.05, 0.1) is 12.6 Å². The number of pyridine rings is 1. The molecule has 0 aliphatic rings. The summed E-state index contributed by atoms with van der Waals surface area (Å²) in [5.41, 5.74) is 8.22. The Morgan fingerprint density at radius 3 is 2.64 bits per heavy atom. The topological polar surface area (TPSA) is 91.0 Å². The van der Waals surface area contributed by atoms with E-state index in [0.717, 1.165) is 22.0 Å². The Hall–Kier alpha value is -3.02. The van der Waals surface area contributed by atoms with Crippen LogP contribution in [-0.4, -0.2) is 28.0 Å². The average molecular weight is 294 g/mol. The molecule has 0 saturated carbocycles. The van der Waals surface area contributed by atoms with Gasteiger partial charge in [-0.05, 0) is 23.3 Å². The van der Waals surface area contributed by atoms with Crippen molar-refractivity contribution >= 4 is 16.8 Å². The third-order valence-electron chi connectivity index (χ3n) is 3.31. The van der Waals surface area contributed by atoms with Crippen LogP contribution in [0, 0.1) is 0 Å². The molecule has 2 heterocycles. The first kappa shape index (κ1) is 13.9. The fourth-order valence-electron chi connectivity index (χ4n) is 2.28. The summed E-state index contributed by atoms with van der Waals surface area (Å²) in [4.78, 5) is 23.9. The molecule has 0 radical (unpaired) electrons. The fourth-order valence-corrected chi connectivity index (χ4v) is 2.28. The Morgan fingerprint density at radius 2 is 1.95 bits per heavy atom. The highest BCUT2D eigenvalue weighted by Gasteiger charge is 2.10. The molecule has 0 saturated heterocycles. The van der Waals surface area contributed by atoms with Crippen molar-refractivity contribution in [2.45, 2.75) is 6.42 Å². The van der Waals surface area contributed by atoms with E-state index in [1.807, 2.05) is 24.3 Å². The third-order valence-corrected chi connectivity index (χ3v) is 3.31. The molecule has 0 spiro atoms. The standard InChI is InChI=1S/C16H14N4O2/c1-22-16-18-8-10(9-19-16)6-11-7-14(15(17)21)20-13-5-3-2-4-12(11)13/h2-5,7-9H,6H2,1H3,(H2,17,21). The highest BCUT2D eigenvalue weighted by Crippen LogP contribution is 2.21. The maximum atomic E-state index is 11.5. The minimum Gasteiger partial charge on any atom is -0.467 e.